The molecule has 2 N–H and O–H groups in total. The van der Waals surface area contributed by atoms with Gasteiger partial charge in [0.25, 0.3) is 0 Å². The second-order valence-corrected chi connectivity index (χ2v) is 7.32. The minimum atomic E-state index is -3.54. The van der Waals surface area contributed by atoms with Crippen molar-refractivity contribution in [3.63, 3.8) is 0 Å². The van der Waals surface area contributed by atoms with Crippen LogP contribution in [0.4, 0.5) is 0 Å². The van der Waals surface area contributed by atoms with Crippen LogP contribution in [0.2, 0.25) is 0 Å². The average molecular weight is 315 g/mol. The molecule has 8 nitrogen and oxygen atoms in total. The van der Waals surface area contributed by atoms with Crippen molar-refractivity contribution in [1.82, 2.24) is 24.7 Å². The summed E-state index contributed by atoms with van der Waals surface area (Å²) in [7, 11) is -1.44. The zero-order chi connectivity index (χ0) is 14.9. The van der Waals surface area contributed by atoms with Crippen molar-refractivity contribution in [1.29, 1.82) is 0 Å². The Balaban J connectivity index is 1.67. The molecule has 0 unspecified atom stereocenters. The predicted octanol–water partition coefficient (Wildman–Crippen LogP) is -1.30. The predicted molar refractivity (Wildman–Crippen MR) is 76.4 cm³/mol. The maximum absolute atomic E-state index is 12.3. The number of aromatic nitrogens is 2. The fourth-order valence-electron chi connectivity index (χ4n) is 2.82. The topological polar surface area (TPSA) is 90.6 Å². The molecule has 3 heterocycles. The molecule has 0 spiro atoms. The third-order valence-electron chi connectivity index (χ3n) is 4.15. The maximum atomic E-state index is 12.3. The monoisotopic (exact) mass is 315 g/mol. The van der Waals surface area contributed by atoms with E-state index in [1.165, 1.54) is 12.4 Å². The van der Waals surface area contributed by atoms with Crippen molar-refractivity contribution in [2.24, 2.45) is 0 Å². The fourth-order valence-corrected chi connectivity index (χ4v) is 3.98. The first kappa shape index (κ1) is 14.9. The first-order valence-electron chi connectivity index (χ1n) is 7.08. The summed E-state index contributed by atoms with van der Waals surface area (Å²) in [4.78, 5) is 4.75. The van der Waals surface area contributed by atoms with Gasteiger partial charge in [0.05, 0.1) is 31.5 Å². The number of aromatic amines is 1. The van der Waals surface area contributed by atoms with Crippen molar-refractivity contribution in [2.45, 2.75) is 17.0 Å². The van der Waals surface area contributed by atoms with E-state index >= 15 is 0 Å². The summed E-state index contributed by atoms with van der Waals surface area (Å²) in [5.74, 6) is 0. The Morgan fingerprint density at radius 1 is 1.33 bits per heavy atom. The highest BCUT2D eigenvalue weighted by Crippen LogP contribution is 2.17. The highest BCUT2D eigenvalue weighted by atomic mass is 32.2. The van der Waals surface area contributed by atoms with Crippen LogP contribution in [0.5, 0.6) is 0 Å². The van der Waals surface area contributed by atoms with Crippen molar-refractivity contribution < 1.29 is 13.2 Å². The van der Waals surface area contributed by atoms with Crippen LogP contribution in [0.1, 0.15) is 0 Å². The Morgan fingerprint density at radius 3 is 2.76 bits per heavy atom. The van der Waals surface area contributed by atoms with Gasteiger partial charge in [0.2, 0.25) is 10.0 Å². The quantitative estimate of drug-likeness (QED) is 0.718. The Morgan fingerprint density at radius 2 is 2.10 bits per heavy atom. The van der Waals surface area contributed by atoms with Crippen LogP contribution >= 0.6 is 0 Å². The summed E-state index contributed by atoms with van der Waals surface area (Å²) in [5.41, 5.74) is 0. The Kier molecular flexibility index (Phi) is 4.27. The molecule has 0 saturated carbocycles. The van der Waals surface area contributed by atoms with Crippen LogP contribution in [0.3, 0.4) is 0 Å². The molecule has 2 saturated heterocycles. The van der Waals surface area contributed by atoms with Gasteiger partial charge in [-0.25, -0.2) is 13.1 Å². The third kappa shape index (κ3) is 3.27. The van der Waals surface area contributed by atoms with E-state index in [-0.39, 0.29) is 17.0 Å². The molecule has 0 amide bonds. The van der Waals surface area contributed by atoms with Crippen LogP contribution < -0.4 is 4.72 Å². The largest absolute Gasteiger partial charge is 0.378 e. The number of sulfonamides is 1. The number of ether oxygens (including phenoxy) is 1. The summed E-state index contributed by atoms with van der Waals surface area (Å²) in [6, 6.07) is -0.117. The number of hydrogen-bond acceptors (Lipinski definition) is 6. The molecule has 2 fully saturated rings. The van der Waals surface area contributed by atoms with Crippen molar-refractivity contribution in [2.75, 3.05) is 46.4 Å². The molecule has 0 bridgehead atoms. The molecule has 0 aromatic carbocycles. The van der Waals surface area contributed by atoms with E-state index in [1.54, 1.807) is 0 Å². The lowest BCUT2D eigenvalue weighted by Crippen LogP contribution is -2.56. The number of hydrogen-bond donors (Lipinski definition) is 2. The molecule has 2 aliphatic heterocycles. The number of rotatable bonds is 4. The number of nitrogens with zero attached hydrogens (tertiary/aromatic N) is 3. The van der Waals surface area contributed by atoms with E-state index in [0.29, 0.717) is 13.2 Å². The summed E-state index contributed by atoms with van der Waals surface area (Å²) in [6.07, 6.45) is 2.69. The SMILES string of the molecule is CN1CCN([C@H]2COC[C@@H]2NS(=O)(=O)c2cn[nH]c2)CC1. The van der Waals surface area contributed by atoms with E-state index in [4.69, 9.17) is 4.74 Å². The molecular weight excluding hydrogens is 294 g/mol. The lowest BCUT2D eigenvalue weighted by Gasteiger charge is -2.37. The summed E-state index contributed by atoms with van der Waals surface area (Å²) in [6.45, 7) is 4.86. The Bertz CT molecular complexity index is 553. The standard InChI is InChI=1S/C12H21N5O3S/c1-16-2-4-17(5-3-16)12-9-20-8-11(12)15-21(18,19)10-6-13-14-7-10/h6-7,11-12,15H,2-5,8-9H2,1H3,(H,13,14)/t11-,12-/m0/s1. The lowest BCUT2D eigenvalue weighted by molar-refractivity contribution is 0.0930. The highest BCUT2D eigenvalue weighted by molar-refractivity contribution is 7.89. The van der Waals surface area contributed by atoms with Gasteiger partial charge in [-0.3, -0.25) is 10.00 Å². The van der Waals surface area contributed by atoms with E-state index in [0.717, 1.165) is 26.2 Å². The Labute approximate surface area is 124 Å². The first-order valence-corrected chi connectivity index (χ1v) is 8.56. The van der Waals surface area contributed by atoms with Gasteiger partial charge in [-0.2, -0.15) is 5.10 Å². The molecule has 9 heteroatoms. The van der Waals surface area contributed by atoms with Crippen molar-refractivity contribution >= 4 is 10.0 Å². The molecule has 118 valence electrons. The maximum Gasteiger partial charge on any atom is 0.244 e. The molecule has 1 aromatic rings. The van der Waals surface area contributed by atoms with E-state index < -0.39 is 10.0 Å². The number of nitrogens with one attached hydrogen (secondary N) is 2. The van der Waals surface area contributed by atoms with E-state index in [9.17, 15) is 8.42 Å². The molecule has 1 aromatic heterocycles. The van der Waals surface area contributed by atoms with Gasteiger partial charge in [0.1, 0.15) is 4.90 Å². The summed E-state index contributed by atoms with van der Waals surface area (Å²) >= 11 is 0. The first-order chi connectivity index (χ1) is 10.1. The fraction of sp³-hybridized carbons (Fsp3) is 0.750. The van der Waals surface area contributed by atoms with Crippen LogP contribution in [0, 0.1) is 0 Å². The van der Waals surface area contributed by atoms with Gasteiger partial charge in [-0.15, -0.1) is 0 Å². The second-order valence-electron chi connectivity index (χ2n) is 5.61. The van der Waals surface area contributed by atoms with Gasteiger partial charge < -0.3 is 9.64 Å². The number of likely N-dealkylation sites (N-methyl/N-ethyl adjacent to an activating group) is 1. The Hall–Kier alpha value is -1.00. The van der Waals surface area contributed by atoms with Gasteiger partial charge in [0, 0.05) is 32.4 Å². The molecule has 2 aliphatic rings. The molecule has 2 atom stereocenters. The molecule has 21 heavy (non-hydrogen) atoms. The van der Waals surface area contributed by atoms with Crippen molar-refractivity contribution in [3.05, 3.63) is 12.4 Å². The molecule has 0 aliphatic carbocycles. The molecule has 0 radical (unpaired) electrons. The summed E-state index contributed by atoms with van der Waals surface area (Å²) < 4.78 is 32.8. The van der Waals surface area contributed by atoms with Crippen molar-refractivity contribution in [3.8, 4) is 0 Å². The second kappa shape index (κ2) is 6.01. The van der Waals surface area contributed by atoms with Gasteiger partial charge in [0.15, 0.2) is 0 Å². The molecule has 3 rings (SSSR count). The zero-order valence-electron chi connectivity index (χ0n) is 12.0. The lowest BCUT2D eigenvalue weighted by atomic mass is 10.1. The van der Waals surface area contributed by atoms with Crippen LogP contribution in [0.15, 0.2) is 17.3 Å². The zero-order valence-corrected chi connectivity index (χ0v) is 12.8. The number of H-pyrrole nitrogens is 1. The van der Waals surface area contributed by atoms with E-state index in [1.807, 2.05) is 0 Å². The smallest absolute Gasteiger partial charge is 0.244 e. The average Bonchev–Trinajstić information content (AvgIpc) is 3.10. The van der Waals surface area contributed by atoms with Gasteiger partial charge in [-0.05, 0) is 7.05 Å². The van der Waals surface area contributed by atoms with Crippen LogP contribution in [-0.2, 0) is 14.8 Å². The molecular formula is C12H21N5O3S. The van der Waals surface area contributed by atoms with Crippen LogP contribution in [-0.4, -0.2) is 86.9 Å². The van der Waals surface area contributed by atoms with E-state index in [2.05, 4.69) is 31.8 Å². The highest BCUT2D eigenvalue weighted by Gasteiger charge is 2.37. The van der Waals surface area contributed by atoms with Gasteiger partial charge >= 0.3 is 0 Å². The summed E-state index contributed by atoms with van der Waals surface area (Å²) in [5, 5.41) is 6.21. The minimum Gasteiger partial charge on any atom is -0.378 e. The minimum absolute atomic E-state index is 0.0976. The number of piperazine rings is 1. The van der Waals surface area contributed by atoms with Crippen LogP contribution in [0.25, 0.3) is 0 Å². The normalized spacial score (nSPS) is 29.0. The van der Waals surface area contributed by atoms with Gasteiger partial charge in [-0.1, -0.05) is 0 Å². The third-order valence-corrected chi connectivity index (χ3v) is 5.60.